The summed E-state index contributed by atoms with van der Waals surface area (Å²) in [5.74, 6) is 1.90. The van der Waals surface area contributed by atoms with E-state index in [0.29, 0.717) is 17.9 Å². The van der Waals surface area contributed by atoms with Gasteiger partial charge in [0.1, 0.15) is 0 Å². The van der Waals surface area contributed by atoms with Crippen molar-refractivity contribution in [1.29, 1.82) is 0 Å². The van der Waals surface area contributed by atoms with Crippen molar-refractivity contribution < 1.29 is 4.79 Å². The Labute approximate surface area is 105 Å². The number of carbonyl (C=O) groups is 1. The fraction of sp³-hybridized carbons (Fsp3) is 0.929. The first-order valence-electron chi connectivity index (χ1n) is 7.14. The summed E-state index contributed by atoms with van der Waals surface area (Å²) in [5.41, 5.74) is 0. The Bertz CT molecular complexity index is 259. The maximum Gasteiger partial charge on any atom is 0.222 e. The molecule has 0 aromatic rings. The third kappa shape index (κ3) is 3.44. The fourth-order valence-electron chi connectivity index (χ4n) is 3.30. The molecule has 2 aliphatic rings. The van der Waals surface area contributed by atoms with Crippen LogP contribution in [0.25, 0.3) is 0 Å². The van der Waals surface area contributed by atoms with E-state index in [0.717, 1.165) is 38.3 Å². The van der Waals surface area contributed by atoms with E-state index < -0.39 is 0 Å². The van der Waals surface area contributed by atoms with Crippen molar-refractivity contribution in [3.8, 4) is 0 Å². The zero-order valence-corrected chi connectivity index (χ0v) is 11.2. The molecule has 3 nitrogen and oxygen atoms in total. The highest BCUT2D eigenvalue weighted by Gasteiger charge is 2.27. The van der Waals surface area contributed by atoms with Gasteiger partial charge in [-0.25, -0.2) is 0 Å². The fourth-order valence-corrected chi connectivity index (χ4v) is 3.30. The number of nitrogens with one attached hydrogen (secondary N) is 1. The summed E-state index contributed by atoms with van der Waals surface area (Å²) in [6.45, 7) is 4.21. The van der Waals surface area contributed by atoms with Gasteiger partial charge in [0.05, 0.1) is 0 Å². The van der Waals surface area contributed by atoms with Crippen LogP contribution in [0.3, 0.4) is 0 Å². The van der Waals surface area contributed by atoms with Gasteiger partial charge in [0.15, 0.2) is 0 Å². The van der Waals surface area contributed by atoms with E-state index in [1.54, 1.807) is 0 Å². The quantitative estimate of drug-likeness (QED) is 0.816. The van der Waals surface area contributed by atoms with Crippen LogP contribution in [0.4, 0.5) is 0 Å². The highest BCUT2D eigenvalue weighted by atomic mass is 16.2. The SMILES string of the molecule is CNC1CCN(C(=O)CC2CCC(C)C2)CC1. The summed E-state index contributed by atoms with van der Waals surface area (Å²) in [6.07, 6.45) is 6.87. The Hall–Kier alpha value is -0.570. The average molecular weight is 238 g/mol. The number of carbonyl (C=O) groups excluding carboxylic acids is 1. The van der Waals surface area contributed by atoms with E-state index in [4.69, 9.17) is 0 Å². The van der Waals surface area contributed by atoms with Crippen LogP contribution in [-0.4, -0.2) is 37.0 Å². The smallest absolute Gasteiger partial charge is 0.222 e. The largest absolute Gasteiger partial charge is 0.343 e. The van der Waals surface area contributed by atoms with Crippen molar-refractivity contribution >= 4 is 5.91 Å². The summed E-state index contributed by atoms with van der Waals surface area (Å²) >= 11 is 0. The molecule has 2 rings (SSSR count). The van der Waals surface area contributed by atoms with Gasteiger partial charge in [-0.05, 0) is 44.6 Å². The van der Waals surface area contributed by atoms with Gasteiger partial charge in [0, 0.05) is 25.6 Å². The monoisotopic (exact) mass is 238 g/mol. The van der Waals surface area contributed by atoms with E-state index in [2.05, 4.69) is 17.1 Å². The molecule has 0 aromatic carbocycles. The van der Waals surface area contributed by atoms with Gasteiger partial charge in [-0.15, -0.1) is 0 Å². The van der Waals surface area contributed by atoms with Crippen LogP contribution in [-0.2, 0) is 4.79 Å². The zero-order chi connectivity index (χ0) is 12.3. The van der Waals surface area contributed by atoms with Crippen molar-refractivity contribution in [2.24, 2.45) is 11.8 Å². The number of nitrogens with zero attached hydrogens (tertiary/aromatic N) is 1. The van der Waals surface area contributed by atoms with Crippen LogP contribution >= 0.6 is 0 Å². The molecule has 2 fully saturated rings. The molecule has 0 spiro atoms. The summed E-state index contributed by atoms with van der Waals surface area (Å²) in [4.78, 5) is 14.2. The lowest BCUT2D eigenvalue weighted by molar-refractivity contribution is -0.133. The Balaban J connectivity index is 1.73. The van der Waals surface area contributed by atoms with Crippen molar-refractivity contribution in [2.75, 3.05) is 20.1 Å². The number of rotatable bonds is 3. The van der Waals surface area contributed by atoms with E-state index in [9.17, 15) is 4.79 Å². The first-order valence-corrected chi connectivity index (χ1v) is 7.14. The number of hydrogen-bond donors (Lipinski definition) is 1. The van der Waals surface area contributed by atoms with E-state index in [1.165, 1.54) is 19.3 Å². The summed E-state index contributed by atoms with van der Waals surface area (Å²) in [7, 11) is 2.02. The van der Waals surface area contributed by atoms with Gasteiger partial charge < -0.3 is 10.2 Å². The normalized spacial score (nSPS) is 30.8. The van der Waals surface area contributed by atoms with Crippen molar-refractivity contribution in [1.82, 2.24) is 10.2 Å². The molecule has 1 aliphatic carbocycles. The molecule has 98 valence electrons. The molecule has 3 heteroatoms. The molecule has 17 heavy (non-hydrogen) atoms. The minimum atomic E-state index is 0.402. The predicted octanol–water partition coefficient (Wildman–Crippen LogP) is 2.02. The zero-order valence-electron chi connectivity index (χ0n) is 11.2. The Morgan fingerprint density at radius 2 is 1.94 bits per heavy atom. The lowest BCUT2D eigenvalue weighted by Crippen LogP contribution is -2.44. The van der Waals surface area contributed by atoms with Crippen LogP contribution in [0.1, 0.15) is 45.4 Å². The Kier molecular flexibility index (Phi) is 4.43. The molecular weight excluding hydrogens is 212 g/mol. The van der Waals surface area contributed by atoms with E-state index in [-0.39, 0.29) is 0 Å². The second kappa shape index (κ2) is 5.85. The third-order valence-corrected chi connectivity index (χ3v) is 4.52. The second-order valence-electron chi connectivity index (χ2n) is 5.93. The van der Waals surface area contributed by atoms with Crippen LogP contribution in [0.15, 0.2) is 0 Å². The first kappa shape index (κ1) is 12.9. The minimum absolute atomic E-state index is 0.402. The van der Waals surface area contributed by atoms with E-state index in [1.807, 2.05) is 7.05 Å². The lowest BCUT2D eigenvalue weighted by atomic mass is 9.99. The summed E-state index contributed by atoms with van der Waals surface area (Å²) in [5, 5.41) is 3.30. The van der Waals surface area contributed by atoms with Crippen LogP contribution in [0, 0.1) is 11.8 Å². The molecule has 1 saturated carbocycles. The molecule has 1 saturated heterocycles. The molecule has 2 atom stereocenters. The second-order valence-corrected chi connectivity index (χ2v) is 5.93. The topological polar surface area (TPSA) is 32.3 Å². The van der Waals surface area contributed by atoms with Gasteiger partial charge in [-0.1, -0.05) is 13.3 Å². The molecule has 0 aromatic heterocycles. The first-order chi connectivity index (χ1) is 8.19. The number of amides is 1. The van der Waals surface area contributed by atoms with Gasteiger partial charge in [0.25, 0.3) is 0 Å². The summed E-state index contributed by atoms with van der Waals surface area (Å²) in [6, 6.07) is 0.616. The molecule has 0 radical (unpaired) electrons. The number of hydrogen-bond acceptors (Lipinski definition) is 2. The molecular formula is C14H26N2O. The predicted molar refractivity (Wildman–Crippen MR) is 69.8 cm³/mol. The van der Waals surface area contributed by atoms with Gasteiger partial charge in [-0.3, -0.25) is 4.79 Å². The molecule has 1 heterocycles. The standard InChI is InChI=1S/C14H26N2O/c1-11-3-4-12(9-11)10-14(17)16-7-5-13(15-2)6-8-16/h11-13,15H,3-10H2,1-2H3. The van der Waals surface area contributed by atoms with E-state index >= 15 is 0 Å². The minimum Gasteiger partial charge on any atom is -0.343 e. The maximum absolute atomic E-state index is 12.2. The molecule has 2 unspecified atom stereocenters. The highest BCUT2D eigenvalue weighted by Crippen LogP contribution is 2.33. The van der Waals surface area contributed by atoms with Crippen LogP contribution in [0.5, 0.6) is 0 Å². The number of likely N-dealkylation sites (tertiary alicyclic amines) is 1. The van der Waals surface area contributed by atoms with Crippen molar-refractivity contribution in [3.05, 3.63) is 0 Å². The Morgan fingerprint density at radius 1 is 1.24 bits per heavy atom. The Morgan fingerprint density at radius 3 is 2.47 bits per heavy atom. The van der Waals surface area contributed by atoms with Gasteiger partial charge in [-0.2, -0.15) is 0 Å². The maximum atomic E-state index is 12.2. The highest BCUT2D eigenvalue weighted by molar-refractivity contribution is 5.76. The van der Waals surface area contributed by atoms with Gasteiger partial charge in [0.2, 0.25) is 5.91 Å². The molecule has 0 bridgehead atoms. The molecule has 1 N–H and O–H groups in total. The molecule has 1 aliphatic heterocycles. The van der Waals surface area contributed by atoms with Crippen LogP contribution < -0.4 is 5.32 Å². The summed E-state index contributed by atoms with van der Waals surface area (Å²) < 4.78 is 0. The number of piperidine rings is 1. The van der Waals surface area contributed by atoms with Gasteiger partial charge >= 0.3 is 0 Å². The third-order valence-electron chi connectivity index (χ3n) is 4.52. The molecule has 1 amide bonds. The lowest BCUT2D eigenvalue weighted by Gasteiger charge is -2.32. The van der Waals surface area contributed by atoms with Crippen molar-refractivity contribution in [2.45, 2.75) is 51.5 Å². The van der Waals surface area contributed by atoms with Crippen molar-refractivity contribution in [3.63, 3.8) is 0 Å². The average Bonchev–Trinajstić information content (AvgIpc) is 2.75. The van der Waals surface area contributed by atoms with Crippen LogP contribution in [0.2, 0.25) is 0 Å².